The summed E-state index contributed by atoms with van der Waals surface area (Å²) >= 11 is 0. The molecule has 0 spiro atoms. The van der Waals surface area contributed by atoms with Crippen LogP contribution in [0.2, 0.25) is 0 Å². The second-order valence-electron chi connectivity index (χ2n) is 6.52. The van der Waals surface area contributed by atoms with Crippen molar-refractivity contribution >= 4 is 0 Å². The van der Waals surface area contributed by atoms with E-state index < -0.39 is 0 Å². The minimum atomic E-state index is -0.170. The molecule has 0 aromatic heterocycles. The van der Waals surface area contributed by atoms with Crippen LogP contribution in [0, 0.1) is 5.92 Å². The van der Waals surface area contributed by atoms with Crippen molar-refractivity contribution in [1.82, 2.24) is 5.32 Å². The summed E-state index contributed by atoms with van der Waals surface area (Å²) in [5.74, 6) is 1.56. The van der Waals surface area contributed by atoms with Gasteiger partial charge in [-0.15, -0.1) is 0 Å². The Kier molecular flexibility index (Phi) is 3.27. The van der Waals surface area contributed by atoms with E-state index in [9.17, 15) is 5.11 Å². The van der Waals surface area contributed by atoms with Gasteiger partial charge < -0.3 is 15.2 Å². The van der Waals surface area contributed by atoms with Crippen LogP contribution in [0.15, 0.2) is 18.2 Å². The number of fused-ring (bicyclic) bond motifs is 1. The molecule has 2 N–H and O–H groups in total. The van der Waals surface area contributed by atoms with Crippen molar-refractivity contribution in [1.29, 1.82) is 0 Å². The Labute approximate surface area is 115 Å². The lowest BCUT2D eigenvalue weighted by molar-refractivity contribution is 0.138. The zero-order valence-corrected chi connectivity index (χ0v) is 11.8. The lowest BCUT2D eigenvalue weighted by Gasteiger charge is -2.16. The van der Waals surface area contributed by atoms with E-state index >= 15 is 0 Å². The van der Waals surface area contributed by atoms with E-state index in [0.29, 0.717) is 12.5 Å². The van der Waals surface area contributed by atoms with Gasteiger partial charge in [-0.3, -0.25) is 0 Å². The van der Waals surface area contributed by atoms with Crippen LogP contribution in [-0.4, -0.2) is 23.4 Å². The molecule has 0 saturated heterocycles. The van der Waals surface area contributed by atoms with Crippen LogP contribution in [0.1, 0.15) is 37.8 Å². The summed E-state index contributed by atoms with van der Waals surface area (Å²) in [6.07, 6.45) is 3.18. The van der Waals surface area contributed by atoms with Gasteiger partial charge in [-0.25, -0.2) is 0 Å². The summed E-state index contributed by atoms with van der Waals surface area (Å²) in [5.41, 5.74) is 2.49. The highest BCUT2D eigenvalue weighted by Crippen LogP contribution is 2.35. The number of benzene rings is 1. The summed E-state index contributed by atoms with van der Waals surface area (Å²) in [7, 11) is 0. The van der Waals surface area contributed by atoms with Gasteiger partial charge in [0, 0.05) is 19.5 Å². The van der Waals surface area contributed by atoms with Gasteiger partial charge in [-0.05, 0) is 49.8 Å². The van der Waals surface area contributed by atoms with Gasteiger partial charge >= 0.3 is 0 Å². The molecule has 0 bridgehead atoms. The molecule has 19 heavy (non-hydrogen) atoms. The zero-order valence-electron chi connectivity index (χ0n) is 11.8. The first-order valence-electron chi connectivity index (χ1n) is 7.23. The predicted octanol–water partition coefficient (Wildman–Crippen LogP) is 2.26. The SMILES string of the molecule is CC1(C)Cc2cc(CNCC(O)C3CC3)ccc2O1. The molecule has 1 heterocycles. The first-order chi connectivity index (χ1) is 9.03. The lowest BCUT2D eigenvalue weighted by atomic mass is 10.0. The van der Waals surface area contributed by atoms with Crippen molar-refractivity contribution in [3.05, 3.63) is 29.3 Å². The summed E-state index contributed by atoms with van der Waals surface area (Å²) in [4.78, 5) is 0. The number of nitrogens with one attached hydrogen (secondary N) is 1. The molecule has 104 valence electrons. The average molecular weight is 261 g/mol. The number of ether oxygens (including phenoxy) is 1. The summed E-state index contributed by atoms with van der Waals surface area (Å²) < 4.78 is 5.87. The number of aliphatic hydroxyl groups excluding tert-OH is 1. The third-order valence-electron chi connectivity index (χ3n) is 3.98. The molecule has 0 radical (unpaired) electrons. The molecule has 3 heteroatoms. The maximum atomic E-state index is 9.81. The highest BCUT2D eigenvalue weighted by atomic mass is 16.5. The maximum Gasteiger partial charge on any atom is 0.123 e. The van der Waals surface area contributed by atoms with Gasteiger partial charge in [0.05, 0.1) is 6.10 Å². The molecule has 1 aliphatic heterocycles. The van der Waals surface area contributed by atoms with E-state index in [1.54, 1.807) is 0 Å². The van der Waals surface area contributed by atoms with E-state index in [1.807, 2.05) is 0 Å². The molecule has 3 rings (SSSR count). The van der Waals surface area contributed by atoms with Gasteiger partial charge in [-0.2, -0.15) is 0 Å². The van der Waals surface area contributed by atoms with Crippen molar-refractivity contribution in [2.24, 2.45) is 5.92 Å². The maximum absolute atomic E-state index is 9.81. The third kappa shape index (κ3) is 3.10. The normalized spacial score (nSPS) is 21.8. The van der Waals surface area contributed by atoms with Crippen LogP contribution in [-0.2, 0) is 13.0 Å². The Hall–Kier alpha value is -1.06. The summed E-state index contributed by atoms with van der Waals surface area (Å²) in [6, 6.07) is 6.40. The summed E-state index contributed by atoms with van der Waals surface area (Å²) in [5, 5.41) is 13.2. The fraction of sp³-hybridized carbons (Fsp3) is 0.625. The second-order valence-corrected chi connectivity index (χ2v) is 6.52. The fourth-order valence-electron chi connectivity index (χ4n) is 2.78. The molecule has 3 nitrogen and oxygen atoms in total. The Morgan fingerprint density at radius 3 is 2.95 bits per heavy atom. The molecule has 1 saturated carbocycles. The molecule has 2 aliphatic rings. The molecule has 1 unspecified atom stereocenters. The van der Waals surface area contributed by atoms with Crippen LogP contribution < -0.4 is 10.1 Å². The molecule has 1 aromatic rings. The molecule has 1 fully saturated rings. The number of rotatable bonds is 5. The highest BCUT2D eigenvalue weighted by Gasteiger charge is 2.30. The van der Waals surface area contributed by atoms with Crippen molar-refractivity contribution in [3.63, 3.8) is 0 Å². The fourth-order valence-corrected chi connectivity index (χ4v) is 2.78. The zero-order chi connectivity index (χ0) is 13.5. The van der Waals surface area contributed by atoms with Crippen LogP contribution in [0.25, 0.3) is 0 Å². The molecule has 1 aromatic carbocycles. The Balaban J connectivity index is 1.55. The van der Waals surface area contributed by atoms with Crippen LogP contribution >= 0.6 is 0 Å². The average Bonchev–Trinajstić information content (AvgIpc) is 3.11. The van der Waals surface area contributed by atoms with Crippen molar-refractivity contribution < 1.29 is 9.84 Å². The van der Waals surface area contributed by atoms with Gasteiger partial charge in [-0.1, -0.05) is 12.1 Å². The quantitative estimate of drug-likeness (QED) is 0.854. The second kappa shape index (κ2) is 4.80. The molecule has 1 atom stereocenters. The van der Waals surface area contributed by atoms with Crippen molar-refractivity contribution in [2.45, 2.75) is 51.4 Å². The third-order valence-corrected chi connectivity index (χ3v) is 3.98. The Bertz CT molecular complexity index is 466. The van der Waals surface area contributed by atoms with Gasteiger partial charge in [0.1, 0.15) is 11.4 Å². The lowest BCUT2D eigenvalue weighted by Crippen LogP contribution is -2.27. The molecular weight excluding hydrogens is 238 g/mol. The first kappa shape index (κ1) is 12.9. The van der Waals surface area contributed by atoms with Crippen molar-refractivity contribution in [2.75, 3.05) is 6.54 Å². The van der Waals surface area contributed by atoms with Gasteiger partial charge in [0.25, 0.3) is 0 Å². The predicted molar refractivity (Wildman–Crippen MR) is 75.3 cm³/mol. The topological polar surface area (TPSA) is 41.5 Å². The van der Waals surface area contributed by atoms with Crippen molar-refractivity contribution in [3.8, 4) is 5.75 Å². The Morgan fingerprint density at radius 1 is 1.42 bits per heavy atom. The van der Waals surface area contributed by atoms with E-state index in [2.05, 4.69) is 37.4 Å². The van der Waals surface area contributed by atoms with Crippen LogP contribution in [0.3, 0.4) is 0 Å². The minimum absolute atomic E-state index is 0.0729. The van der Waals surface area contributed by atoms with E-state index in [0.717, 1.165) is 18.7 Å². The monoisotopic (exact) mass is 261 g/mol. The van der Waals surface area contributed by atoms with Crippen LogP contribution in [0.4, 0.5) is 0 Å². The Morgan fingerprint density at radius 2 is 2.21 bits per heavy atom. The van der Waals surface area contributed by atoms with E-state index in [1.165, 1.54) is 24.0 Å². The minimum Gasteiger partial charge on any atom is -0.487 e. The smallest absolute Gasteiger partial charge is 0.123 e. The van der Waals surface area contributed by atoms with Crippen LogP contribution in [0.5, 0.6) is 5.75 Å². The van der Waals surface area contributed by atoms with E-state index in [-0.39, 0.29) is 11.7 Å². The van der Waals surface area contributed by atoms with Gasteiger partial charge in [0.2, 0.25) is 0 Å². The number of aliphatic hydroxyl groups is 1. The summed E-state index contributed by atoms with van der Waals surface area (Å²) in [6.45, 7) is 5.76. The van der Waals surface area contributed by atoms with Gasteiger partial charge in [0.15, 0.2) is 0 Å². The molecule has 0 amide bonds. The highest BCUT2D eigenvalue weighted by molar-refractivity contribution is 5.41. The first-order valence-corrected chi connectivity index (χ1v) is 7.23. The number of hydrogen-bond acceptors (Lipinski definition) is 3. The molecule has 1 aliphatic carbocycles. The molecular formula is C16H23NO2. The van der Waals surface area contributed by atoms with E-state index in [4.69, 9.17) is 4.74 Å². The standard InChI is InChI=1S/C16H23NO2/c1-16(2)8-13-7-11(3-6-15(13)19-16)9-17-10-14(18)12-4-5-12/h3,6-7,12,14,17-18H,4-5,8-10H2,1-2H3. The largest absolute Gasteiger partial charge is 0.487 e. The number of hydrogen-bond donors (Lipinski definition) is 2.